The lowest BCUT2D eigenvalue weighted by molar-refractivity contribution is 0.217. The van der Waals surface area contributed by atoms with Gasteiger partial charge in [-0.25, -0.2) is 0 Å². The molecule has 3 rings (SSSR count). The quantitative estimate of drug-likeness (QED) is 0.868. The summed E-state index contributed by atoms with van der Waals surface area (Å²) < 4.78 is 5.85. The molecule has 5 heteroatoms. The highest BCUT2D eigenvalue weighted by Crippen LogP contribution is 2.23. The Kier molecular flexibility index (Phi) is 4.76. The lowest BCUT2D eigenvalue weighted by Gasteiger charge is -2.23. The molecule has 1 aliphatic rings. The Labute approximate surface area is 137 Å². The Morgan fingerprint density at radius 3 is 2.78 bits per heavy atom. The molecular weight excluding hydrogens is 288 g/mol. The zero-order valence-corrected chi connectivity index (χ0v) is 14.1. The van der Waals surface area contributed by atoms with Gasteiger partial charge in [0.2, 0.25) is 5.88 Å². The van der Waals surface area contributed by atoms with Gasteiger partial charge in [0.25, 0.3) is 0 Å². The monoisotopic (exact) mass is 312 g/mol. The predicted molar refractivity (Wildman–Crippen MR) is 91.6 cm³/mol. The highest BCUT2D eigenvalue weighted by Gasteiger charge is 2.19. The van der Waals surface area contributed by atoms with Crippen molar-refractivity contribution in [2.75, 3.05) is 25.1 Å². The number of nitrogens with zero attached hydrogens (tertiary/aromatic N) is 4. The van der Waals surface area contributed by atoms with Crippen LogP contribution >= 0.6 is 0 Å². The molecule has 0 unspecified atom stereocenters. The van der Waals surface area contributed by atoms with Crippen LogP contribution in [0.15, 0.2) is 36.5 Å². The first kappa shape index (κ1) is 15.7. The van der Waals surface area contributed by atoms with Crippen LogP contribution in [-0.2, 0) is 13.1 Å². The molecule has 0 saturated carbocycles. The number of rotatable bonds is 4. The molecule has 0 bridgehead atoms. The smallest absolute Gasteiger partial charge is 0.239 e. The van der Waals surface area contributed by atoms with Crippen molar-refractivity contribution in [3.63, 3.8) is 0 Å². The molecule has 0 fully saturated rings. The summed E-state index contributed by atoms with van der Waals surface area (Å²) in [6.45, 7) is 7.46. The summed E-state index contributed by atoms with van der Waals surface area (Å²) >= 11 is 0. The van der Waals surface area contributed by atoms with Crippen LogP contribution in [0.2, 0.25) is 0 Å². The van der Waals surface area contributed by atoms with Gasteiger partial charge in [0.1, 0.15) is 12.3 Å². The fraction of sp³-hybridized carbons (Fsp3) is 0.444. The van der Waals surface area contributed by atoms with Crippen LogP contribution in [0.5, 0.6) is 5.88 Å². The van der Waals surface area contributed by atoms with Gasteiger partial charge in [-0.05, 0) is 19.4 Å². The molecule has 1 aliphatic heterocycles. The molecule has 0 spiro atoms. The fourth-order valence-corrected chi connectivity index (χ4v) is 2.59. The van der Waals surface area contributed by atoms with Gasteiger partial charge in [-0.3, -0.25) is 9.88 Å². The van der Waals surface area contributed by atoms with E-state index in [1.54, 1.807) is 0 Å². The lowest BCUT2D eigenvalue weighted by atomic mass is 10.2. The third-order valence-corrected chi connectivity index (χ3v) is 4.20. The summed E-state index contributed by atoms with van der Waals surface area (Å²) in [5.41, 5.74) is 2.22. The fourth-order valence-electron chi connectivity index (χ4n) is 2.59. The number of fused-ring (bicyclic) bond motifs is 1. The first-order valence-corrected chi connectivity index (χ1v) is 8.11. The highest BCUT2D eigenvalue weighted by atomic mass is 16.5. The second kappa shape index (κ2) is 6.96. The molecule has 1 aromatic heterocycles. The van der Waals surface area contributed by atoms with E-state index in [1.165, 1.54) is 5.56 Å². The van der Waals surface area contributed by atoms with E-state index < -0.39 is 0 Å². The van der Waals surface area contributed by atoms with Crippen LogP contribution in [0.1, 0.15) is 25.1 Å². The van der Waals surface area contributed by atoms with Gasteiger partial charge < -0.3 is 9.64 Å². The van der Waals surface area contributed by atoms with E-state index in [-0.39, 0.29) is 0 Å². The second-order valence-corrected chi connectivity index (χ2v) is 6.23. The van der Waals surface area contributed by atoms with Gasteiger partial charge in [-0.1, -0.05) is 30.3 Å². The maximum absolute atomic E-state index is 5.85. The highest BCUT2D eigenvalue weighted by molar-refractivity contribution is 5.39. The number of hydrogen-bond acceptors (Lipinski definition) is 5. The second-order valence-electron chi connectivity index (χ2n) is 6.23. The van der Waals surface area contributed by atoms with E-state index in [9.17, 15) is 0 Å². The van der Waals surface area contributed by atoms with E-state index >= 15 is 0 Å². The molecule has 1 aromatic carbocycles. The Morgan fingerprint density at radius 1 is 1.26 bits per heavy atom. The van der Waals surface area contributed by atoms with E-state index in [0.717, 1.165) is 31.1 Å². The minimum Gasteiger partial charge on any atom is -0.475 e. The zero-order valence-electron chi connectivity index (χ0n) is 14.1. The lowest BCUT2D eigenvalue weighted by Crippen LogP contribution is -2.27. The van der Waals surface area contributed by atoms with Crippen LogP contribution < -0.4 is 9.64 Å². The molecule has 0 atom stereocenters. The average Bonchev–Trinajstić information content (AvgIpc) is 2.76. The van der Waals surface area contributed by atoms with Crippen molar-refractivity contribution >= 4 is 5.82 Å². The van der Waals surface area contributed by atoms with Crippen LogP contribution in [-0.4, -0.2) is 41.1 Å². The van der Waals surface area contributed by atoms with E-state index in [2.05, 4.69) is 57.9 Å². The number of ether oxygens (including phenoxy) is 1. The maximum atomic E-state index is 5.85. The number of anilines is 1. The van der Waals surface area contributed by atoms with Crippen molar-refractivity contribution in [3.05, 3.63) is 47.8 Å². The zero-order chi connectivity index (χ0) is 16.2. The van der Waals surface area contributed by atoms with Crippen LogP contribution in [0.4, 0.5) is 5.82 Å². The summed E-state index contributed by atoms with van der Waals surface area (Å²) in [7, 11) is 2.03. The van der Waals surface area contributed by atoms with Crippen molar-refractivity contribution in [2.45, 2.75) is 33.0 Å². The molecule has 2 aromatic rings. The molecule has 2 heterocycles. The third-order valence-electron chi connectivity index (χ3n) is 4.20. The van der Waals surface area contributed by atoms with Crippen molar-refractivity contribution in [1.82, 2.24) is 14.9 Å². The van der Waals surface area contributed by atoms with Gasteiger partial charge in [-0.2, -0.15) is 4.98 Å². The van der Waals surface area contributed by atoms with Gasteiger partial charge in [-0.15, -0.1) is 0 Å². The van der Waals surface area contributed by atoms with Crippen molar-refractivity contribution in [1.29, 1.82) is 0 Å². The Hall–Kier alpha value is -2.14. The SMILES string of the molecule is CC(C)N(C)c1cnc2c(n1)OCCN(Cc1ccccc1)C2. The largest absolute Gasteiger partial charge is 0.475 e. The van der Waals surface area contributed by atoms with Crippen molar-refractivity contribution in [2.24, 2.45) is 0 Å². The predicted octanol–water partition coefficient (Wildman–Crippen LogP) is 2.72. The van der Waals surface area contributed by atoms with Crippen LogP contribution in [0.3, 0.4) is 0 Å². The molecule has 0 radical (unpaired) electrons. The van der Waals surface area contributed by atoms with Crippen LogP contribution in [0, 0.1) is 0 Å². The van der Waals surface area contributed by atoms with Crippen LogP contribution in [0.25, 0.3) is 0 Å². The third kappa shape index (κ3) is 3.79. The number of benzene rings is 1. The minimum absolute atomic E-state index is 0.378. The van der Waals surface area contributed by atoms with Gasteiger partial charge >= 0.3 is 0 Å². The van der Waals surface area contributed by atoms with Gasteiger partial charge in [0, 0.05) is 32.7 Å². The first-order valence-electron chi connectivity index (χ1n) is 8.11. The molecule has 0 N–H and O–H groups in total. The average molecular weight is 312 g/mol. The Morgan fingerprint density at radius 2 is 2.04 bits per heavy atom. The summed E-state index contributed by atoms with van der Waals surface area (Å²) in [6.07, 6.45) is 1.84. The van der Waals surface area contributed by atoms with Gasteiger partial charge in [0.15, 0.2) is 5.82 Å². The standard InChI is InChI=1S/C18H24N4O/c1-14(2)21(3)17-11-19-16-13-22(9-10-23-18(16)20-17)12-15-7-5-4-6-8-15/h4-8,11,14H,9-10,12-13H2,1-3H3. The molecule has 5 nitrogen and oxygen atoms in total. The normalized spacial score (nSPS) is 15.0. The van der Waals surface area contributed by atoms with Crippen molar-refractivity contribution in [3.8, 4) is 5.88 Å². The maximum Gasteiger partial charge on any atom is 0.239 e. The Bertz CT molecular complexity index is 645. The van der Waals surface area contributed by atoms with Gasteiger partial charge in [0.05, 0.1) is 6.20 Å². The summed E-state index contributed by atoms with van der Waals surface area (Å²) in [6, 6.07) is 10.9. The molecule has 23 heavy (non-hydrogen) atoms. The Balaban J connectivity index is 1.76. The number of aromatic nitrogens is 2. The molecule has 0 amide bonds. The summed E-state index contributed by atoms with van der Waals surface area (Å²) in [4.78, 5) is 13.7. The summed E-state index contributed by atoms with van der Waals surface area (Å²) in [5.74, 6) is 1.53. The summed E-state index contributed by atoms with van der Waals surface area (Å²) in [5, 5.41) is 0. The molecule has 122 valence electrons. The molecule has 0 saturated heterocycles. The number of hydrogen-bond donors (Lipinski definition) is 0. The molecule has 0 aliphatic carbocycles. The van der Waals surface area contributed by atoms with E-state index in [1.807, 2.05) is 19.3 Å². The van der Waals surface area contributed by atoms with E-state index in [0.29, 0.717) is 18.5 Å². The molecular formula is C18H24N4O. The van der Waals surface area contributed by atoms with Crippen molar-refractivity contribution < 1.29 is 4.74 Å². The minimum atomic E-state index is 0.378. The van der Waals surface area contributed by atoms with E-state index in [4.69, 9.17) is 4.74 Å². The first-order chi connectivity index (χ1) is 11.1. The topological polar surface area (TPSA) is 41.5 Å².